The molecule has 7 heteroatoms. The summed E-state index contributed by atoms with van der Waals surface area (Å²) in [6.07, 6.45) is 0.519. The van der Waals surface area contributed by atoms with Gasteiger partial charge in [-0.2, -0.15) is 0 Å². The van der Waals surface area contributed by atoms with Gasteiger partial charge in [0.2, 0.25) is 0 Å². The Hall–Kier alpha value is -2.44. The van der Waals surface area contributed by atoms with Crippen LogP contribution in [0.1, 0.15) is 19.8 Å². The van der Waals surface area contributed by atoms with Gasteiger partial charge in [0.05, 0.1) is 12.3 Å². The third kappa shape index (κ3) is 5.04. The minimum absolute atomic E-state index is 0.0717. The molecule has 0 aliphatic carbocycles. The van der Waals surface area contributed by atoms with E-state index in [0.29, 0.717) is 32.7 Å². The van der Waals surface area contributed by atoms with Gasteiger partial charge in [0.15, 0.2) is 0 Å². The average molecular weight is 335 g/mol. The van der Waals surface area contributed by atoms with Crippen LogP contribution in [0.2, 0.25) is 0 Å². The number of hydrogen-bond acceptors (Lipinski definition) is 4. The number of anilines is 1. The molecule has 0 unspecified atom stereocenters. The number of rotatable bonds is 7. The highest BCUT2D eigenvalue weighted by atomic mass is 16.5. The molecule has 2 rings (SSSR count). The summed E-state index contributed by atoms with van der Waals surface area (Å²) in [5.41, 5.74) is 1.06. The average Bonchev–Trinajstić information content (AvgIpc) is 2.59. The second-order valence-corrected chi connectivity index (χ2v) is 5.60. The van der Waals surface area contributed by atoms with E-state index in [1.807, 2.05) is 31.2 Å². The molecule has 1 aromatic rings. The number of aliphatic carboxylic acids is 1. The van der Waals surface area contributed by atoms with E-state index in [9.17, 15) is 9.59 Å². The Balaban J connectivity index is 1.81. The molecule has 1 saturated heterocycles. The quantitative estimate of drug-likeness (QED) is 0.742. The molecule has 24 heavy (non-hydrogen) atoms. The molecule has 2 N–H and O–H groups in total. The second kappa shape index (κ2) is 9.00. The van der Waals surface area contributed by atoms with Crippen LogP contribution in [0.5, 0.6) is 5.75 Å². The van der Waals surface area contributed by atoms with Crippen LogP contribution in [0.15, 0.2) is 24.3 Å². The monoisotopic (exact) mass is 335 g/mol. The molecule has 1 heterocycles. The van der Waals surface area contributed by atoms with Gasteiger partial charge in [0, 0.05) is 39.1 Å². The number of nitrogens with one attached hydrogen (secondary N) is 1. The van der Waals surface area contributed by atoms with Gasteiger partial charge in [-0.3, -0.25) is 4.79 Å². The zero-order valence-electron chi connectivity index (χ0n) is 14.0. The van der Waals surface area contributed by atoms with E-state index in [0.717, 1.165) is 24.5 Å². The van der Waals surface area contributed by atoms with Crippen molar-refractivity contribution < 1.29 is 19.4 Å². The lowest BCUT2D eigenvalue weighted by molar-refractivity contribution is -0.137. The van der Waals surface area contributed by atoms with Crippen molar-refractivity contribution >= 4 is 17.7 Å². The van der Waals surface area contributed by atoms with Gasteiger partial charge in [0.1, 0.15) is 5.75 Å². The van der Waals surface area contributed by atoms with Crippen molar-refractivity contribution in [2.24, 2.45) is 0 Å². The Bertz CT molecular complexity index is 557. The summed E-state index contributed by atoms with van der Waals surface area (Å²) < 4.78 is 5.67. The molecule has 0 bridgehead atoms. The number of para-hydroxylation sites is 2. The summed E-state index contributed by atoms with van der Waals surface area (Å²) >= 11 is 0. The minimum atomic E-state index is -0.842. The molecule has 7 nitrogen and oxygen atoms in total. The van der Waals surface area contributed by atoms with E-state index in [-0.39, 0.29) is 12.5 Å². The highest BCUT2D eigenvalue weighted by molar-refractivity contribution is 5.74. The van der Waals surface area contributed by atoms with E-state index < -0.39 is 5.97 Å². The molecular formula is C17H25N3O4. The zero-order valence-corrected chi connectivity index (χ0v) is 14.0. The Morgan fingerprint density at radius 3 is 2.58 bits per heavy atom. The third-order valence-electron chi connectivity index (χ3n) is 3.92. The van der Waals surface area contributed by atoms with Crippen molar-refractivity contribution in [2.75, 3.05) is 44.2 Å². The summed E-state index contributed by atoms with van der Waals surface area (Å²) in [5.74, 6) is 0.0254. The third-order valence-corrected chi connectivity index (χ3v) is 3.92. The topological polar surface area (TPSA) is 82.1 Å². The van der Waals surface area contributed by atoms with Gasteiger partial charge in [-0.05, 0) is 25.5 Å². The fourth-order valence-electron chi connectivity index (χ4n) is 2.69. The van der Waals surface area contributed by atoms with E-state index in [1.165, 1.54) is 0 Å². The van der Waals surface area contributed by atoms with Crippen molar-refractivity contribution in [3.63, 3.8) is 0 Å². The summed E-state index contributed by atoms with van der Waals surface area (Å²) in [6.45, 7) is 5.72. The first kappa shape index (κ1) is 17.9. The standard InChI is InChI=1S/C17H25N3O4/c1-2-24-15-7-4-3-6-14(15)19-10-12-20(13-11-19)17(23)18-9-5-8-16(21)22/h3-4,6-7H,2,5,8-13H2,1H3,(H,18,23)(H,21,22). The number of nitrogens with zero attached hydrogens (tertiary/aromatic N) is 2. The number of ether oxygens (including phenoxy) is 1. The van der Waals surface area contributed by atoms with E-state index in [1.54, 1.807) is 4.90 Å². The summed E-state index contributed by atoms with van der Waals surface area (Å²) in [7, 11) is 0. The van der Waals surface area contributed by atoms with Gasteiger partial charge < -0.3 is 25.0 Å². The normalized spacial score (nSPS) is 14.4. The van der Waals surface area contributed by atoms with E-state index in [4.69, 9.17) is 9.84 Å². The van der Waals surface area contributed by atoms with Crippen molar-refractivity contribution in [3.05, 3.63) is 24.3 Å². The summed E-state index contributed by atoms with van der Waals surface area (Å²) in [5, 5.41) is 11.4. The van der Waals surface area contributed by atoms with E-state index >= 15 is 0 Å². The molecule has 0 aromatic heterocycles. The van der Waals surface area contributed by atoms with Gasteiger partial charge in [-0.25, -0.2) is 4.79 Å². The predicted molar refractivity (Wildman–Crippen MR) is 91.7 cm³/mol. The Kier molecular flexibility index (Phi) is 6.72. The maximum absolute atomic E-state index is 12.1. The van der Waals surface area contributed by atoms with Crippen LogP contribution in [0, 0.1) is 0 Å². The molecule has 2 amide bonds. The lowest BCUT2D eigenvalue weighted by Gasteiger charge is -2.36. The highest BCUT2D eigenvalue weighted by Gasteiger charge is 2.22. The molecule has 1 aliphatic rings. The summed E-state index contributed by atoms with van der Waals surface area (Å²) in [4.78, 5) is 26.5. The van der Waals surface area contributed by atoms with Crippen LogP contribution in [-0.2, 0) is 4.79 Å². The number of amides is 2. The first-order valence-electron chi connectivity index (χ1n) is 8.33. The number of carboxylic acids is 1. The maximum Gasteiger partial charge on any atom is 0.317 e. The van der Waals surface area contributed by atoms with Crippen LogP contribution in [0.4, 0.5) is 10.5 Å². The smallest absolute Gasteiger partial charge is 0.317 e. The van der Waals surface area contributed by atoms with Crippen molar-refractivity contribution in [3.8, 4) is 5.75 Å². The molecule has 132 valence electrons. The first-order chi connectivity index (χ1) is 11.6. The molecule has 0 saturated carbocycles. The molecule has 0 atom stereocenters. The molecule has 1 aliphatic heterocycles. The number of carboxylic acid groups (broad SMARTS) is 1. The van der Waals surface area contributed by atoms with Crippen molar-refractivity contribution in [2.45, 2.75) is 19.8 Å². The van der Waals surface area contributed by atoms with Gasteiger partial charge >= 0.3 is 12.0 Å². The number of carbonyl (C=O) groups is 2. The SMILES string of the molecule is CCOc1ccccc1N1CCN(C(=O)NCCCC(=O)O)CC1. The number of urea groups is 1. The van der Waals surface area contributed by atoms with E-state index in [2.05, 4.69) is 10.2 Å². The Labute approximate surface area is 142 Å². The molecular weight excluding hydrogens is 310 g/mol. The van der Waals surface area contributed by atoms with Crippen LogP contribution >= 0.6 is 0 Å². The largest absolute Gasteiger partial charge is 0.492 e. The zero-order chi connectivity index (χ0) is 17.4. The van der Waals surface area contributed by atoms with Gasteiger partial charge in [-0.1, -0.05) is 12.1 Å². The molecule has 1 fully saturated rings. The number of piperazine rings is 1. The fourth-order valence-corrected chi connectivity index (χ4v) is 2.69. The fraction of sp³-hybridized carbons (Fsp3) is 0.529. The van der Waals surface area contributed by atoms with Crippen LogP contribution in [0.3, 0.4) is 0 Å². The first-order valence-corrected chi connectivity index (χ1v) is 8.33. The number of carbonyl (C=O) groups excluding carboxylic acids is 1. The number of hydrogen-bond donors (Lipinski definition) is 2. The lowest BCUT2D eigenvalue weighted by Crippen LogP contribution is -2.52. The molecule has 1 aromatic carbocycles. The Morgan fingerprint density at radius 1 is 1.21 bits per heavy atom. The van der Waals surface area contributed by atoms with Gasteiger partial charge in [0.25, 0.3) is 0 Å². The van der Waals surface area contributed by atoms with Crippen LogP contribution < -0.4 is 15.0 Å². The van der Waals surface area contributed by atoms with Crippen LogP contribution in [0.25, 0.3) is 0 Å². The number of benzene rings is 1. The van der Waals surface area contributed by atoms with Gasteiger partial charge in [-0.15, -0.1) is 0 Å². The van der Waals surface area contributed by atoms with Crippen molar-refractivity contribution in [1.29, 1.82) is 0 Å². The second-order valence-electron chi connectivity index (χ2n) is 5.60. The van der Waals surface area contributed by atoms with Crippen LogP contribution in [-0.4, -0.2) is 61.3 Å². The summed E-state index contributed by atoms with van der Waals surface area (Å²) in [6, 6.07) is 7.81. The predicted octanol–water partition coefficient (Wildman–Crippen LogP) is 1.78. The van der Waals surface area contributed by atoms with Crippen molar-refractivity contribution in [1.82, 2.24) is 10.2 Å². The maximum atomic E-state index is 12.1. The minimum Gasteiger partial charge on any atom is -0.492 e. The molecule has 0 radical (unpaired) electrons. The lowest BCUT2D eigenvalue weighted by atomic mass is 10.2. The highest BCUT2D eigenvalue weighted by Crippen LogP contribution is 2.28. The Morgan fingerprint density at radius 2 is 1.92 bits per heavy atom. The molecule has 0 spiro atoms.